The van der Waals surface area contributed by atoms with Crippen molar-refractivity contribution in [3.63, 3.8) is 0 Å². The summed E-state index contributed by atoms with van der Waals surface area (Å²) in [5.74, 6) is -0.000862. The van der Waals surface area contributed by atoms with Crippen LogP contribution in [0.4, 0.5) is 11.4 Å². The van der Waals surface area contributed by atoms with E-state index in [0.717, 1.165) is 16.3 Å². The molecule has 2 aromatic rings. The lowest BCUT2D eigenvalue weighted by Crippen LogP contribution is -2.09. The minimum atomic E-state index is -0.000862. The number of carbonyl (C=O) groups is 1. The van der Waals surface area contributed by atoms with E-state index < -0.39 is 0 Å². The first kappa shape index (κ1) is 14.1. The van der Waals surface area contributed by atoms with E-state index in [0.29, 0.717) is 18.5 Å². The van der Waals surface area contributed by atoms with Crippen LogP contribution in [-0.4, -0.2) is 5.91 Å². The van der Waals surface area contributed by atoms with Gasteiger partial charge in [0.15, 0.2) is 0 Å². The average Bonchev–Trinajstić information content (AvgIpc) is 2.93. The maximum atomic E-state index is 11.3. The van der Waals surface area contributed by atoms with E-state index in [1.165, 1.54) is 0 Å². The Kier molecular flexibility index (Phi) is 4.75. The number of carbonyl (C=O) groups excluding carboxylic acids is 1. The van der Waals surface area contributed by atoms with Crippen LogP contribution in [0.1, 0.15) is 23.8 Å². The highest BCUT2D eigenvalue weighted by molar-refractivity contribution is 7.10. The molecular weight excluding hydrogens is 270 g/mol. The smallest absolute Gasteiger partial charge is 0.224 e. The van der Waals surface area contributed by atoms with Crippen molar-refractivity contribution in [3.05, 3.63) is 46.2 Å². The Hall–Kier alpha value is -2.32. The van der Waals surface area contributed by atoms with Gasteiger partial charge in [-0.05, 0) is 24.3 Å². The van der Waals surface area contributed by atoms with Crippen LogP contribution in [0, 0.1) is 11.3 Å². The molecule has 0 aliphatic heterocycles. The number of nitrogens with one attached hydrogen (secondary N) is 2. The van der Waals surface area contributed by atoms with E-state index in [2.05, 4.69) is 16.7 Å². The number of anilines is 2. The van der Waals surface area contributed by atoms with Gasteiger partial charge in [0, 0.05) is 34.6 Å². The molecule has 1 aromatic heterocycles. The van der Waals surface area contributed by atoms with Crippen molar-refractivity contribution in [2.24, 2.45) is 0 Å². The van der Waals surface area contributed by atoms with Gasteiger partial charge in [0.05, 0.1) is 5.56 Å². The largest absolute Gasteiger partial charge is 0.380 e. The Labute approximate surface area is 122 Å². The molecule has 102 valence electrons. The number of nitrogens with zero attached hydrogens (tertiary/aromatic N) is 1. The molecular formula is C15H15N3OS. The second-order valence-corrected chi connectivity index (χ2v) is 5.25. The molecule has 0 unspecified atom stereocenters. The molecule has 0 fully saturated rings. The van der Waals surface area contributed by atoms with Crippen molar-refractivity contribution in [2.45, 2.75) is 19.9 Å². The number of hydrogen-bond donors (Lipinski definition) is 2. The van der Waals surface area contributed by atoms with Gasteiger partial charge < -0.3 is 10.6 Å². The average molecular weight is 285 g/mol. The SMILES string of the molecule is CCC(=O)Nc1cccc(NCc2cc(C#N)cs2)c1. The third-order valence-electron chi connectivity index (χ3n) is 2.72. The lowest BCUT2D eigenvalue weighted by atomic mass is 10.2. The summed E-state index contributed by atoms with van der Waals surface area (Å²) < 4.78 is 0. The Morgan fingerprint density at radius 3 is 2.85 bits per heavy atom. The zero-order valence-electron chi connectivity index (χ0n) is 11.1. The zero-order chi connectivity index (χ0) is 14.4. The molecule has 0 bridgehead atoms. The van der Waals surface area contributed by atoms with Crippen LogP contribution in [0.15, 0.2) is 35.7 Å². The molecule has 1 amide bonds. The van der Waals surface area contributed by atoms with E-state index in [4.69, 9.17) is 5.26 Å². The van der Waals surface area contributed by atoms with Gasteiger partial charge in [0.2, 0.25) is 5.91 Å². The first-order valence-electron chi connectivity index (χ1n) is 6.32. The maximum absolute atomic E-state index is 11.3. The number of rotatable bonds is 5. The summed E-state index contributed by atoms with van der Waals surface area (Å²) in [6, 6.07) is 11.6. The second kappa shape index (κ2) is 6.73. The molecule has 2 rings (SSSR count). The van der Waals surface area contributed by atoms with Crippen molar-refractivity contribution in [2.75, 3.05) is 10.6 Å². The highest BCUT2D eigenvalue weighted by Crippen LogP contribution is 2.19. The Balaban J connectivity index is 1.97. The fourth-order valence-electron chi connectivity index (χ4n) is 1.68. The molecule has 0 atom stereocenters. The molecule has 4 nitrogen and oxygen atoms in total. The van der Waals surface area contributed by atoms with Crippen LogP contribution < -0.4 is 10.6 Å². The topological polar surface area (TPSA) is 64.9 Å². The van der Waals surface area contributed by atoms with Crippen LogP contribution in [-0.2, 0) is 11.3 Å². The van der Waals surface area contributed by atoms with Gasteiger partial charge in [-0.1, -0.05) is 13.0 Å². The van der Waals surface area contributed by atoms with E-state index in [1.54, 1.807) is 11.3 Å². The summed E-state index contributed by atoms with van der Waals surface area (Å²) in [6.07, 6.45) is 0.462. The number of benzene rings is 1. The molecule has 5 heteroatoms. The standard InChI is InChI=1S/C15H15N3OS/c1-2-15(19)18-13-5-3-4-12(7-13)17-9-14-6-11(8-16)10-20-14/h3-7,10,17H,2,9H2,1H3,(H,18,19). The summed E-state index contributed by atoms with van der Waals surface area (Å²) in [5.41, 5.74) is 2.41. The van der Waals surface area contributed by atoms with Crippen LogP contribution in [0.2, 0.25) is 0 Å². The maximum Gasteiger partial charge on any atom is 0.224 e. The summed E-state index contributed by atoms with van der Waals surface area (Å²) in [7, 11) is 0. The van der Waals surface area contributed by atoms with Gasteiger partial charge in [-0.2, -0.15) is 5.26 Å². The molecule has 0 saturated carbocycles. The monoisotopic (exact) mass is 285 g/mol. The normalized spacial score (nSPS) is 9.80. The van der Waals surface area contributed by atoms with E-state index >= 15 is 0 Å². The van der Waals surface area contributed by atoms with E-state index in [1.807, 2.05) is 42.6 Å². The lowest BCUT2D eigenvalue weighted by Gasteiger charge is -2.08. The zero-order valence-corrected chi connectivity index (χ0v) is 12.0. The molecule has 0 spiro atoms. The second-order valence-electron chi connectivity index (χ2n) is 4.25. The molecule has 1 aromatic carbocycles. The number of thiophene rings is 1. The van der Waals surface area contributed by atoms with Gasteiger partial charge in [0.25, 0.3) is 0 Å². The number of amides is 1. The third-order valence-corrected chi connectivity index (χ3v) is 3.65. The lowest BCUT2D eigenvalue weighted by molar-refractivity contribution is -0.115. The fraction of sp³-hybridized carbons (Fsp3) is 0.200. The van der Waals surface area contributed by atoms with Crippen LogP contribution in [0.5, 0.6) is 0 Å². The number of hydrogen-bond acceptors (Lipinski definition) is 4. The highest BCUT2D eigenvalue weighted by Gasteiger charge is 2.02. The van der Waals surface area contributed by atoms with Crippen molar-refractivity contribution >= 4 is 28.6 Å². The van der Waals surface area contributed by atoms with E-state index in [9.17, 15) is 4.79 Å². The van der Waals surface area contributed by atoms with E-state index in [-0.39, 0.29) is 5.91 Å². The summed E-state index contributed by atoms with van der Waals surface area (Å²) in [4.78, 5) is 12.4. The first-order chi connectivity index (χ1) is 9.71. The van der Waals surface area contributed by atoms with Gasteiger partial charge >= 0.3 is 0 Å². The predicted octanol–water partition coefficient (Wildman–Crippen LogP) is 3.58. The van der Waals surface area contributed by atoms with Crippen molar-refractivity contribution < 1.29 is 4.79 Å². The van der Waals surface area contributed by atoms with Crippen LogP contribution in [0.25, 0.3) is 0 Å². The third kappa shape index (κ3) is 3.84. The van der Waals surface area contributed by atoms with Crippen molar-refractivity contribution in [3.8, 4) is 6.07 Å². The minimum absolute atomic E-state index is 0.000862. The summed E-state index contributed by atoms with van der Waals surface area (Å²) in [5, 5.41) is 16.7. The molecule has 2 N–H and O–H groups in total. The van der Waals surface area contributed by atoms with Crippen LogP contribution >= 0.6 is 11.3 Å². The van der Waals surface area contributed by atoms with Gasteiger partial charge in [-0.15, -0.1) is 11.3 Å². The molecule has 0 aliphatic carbocycles. The molecule has 0 radical (unpaired) electrons. The summed E-state index contributed by atoms with van der Waals surface area (Å²) >= 11 is 1.56. The summed E-state index contributed by atoms with van der Waals surface area (Å²) in [6.45, 7) is 2.48. The Morgan fingerprint density at radius 2 is 2.15 bits per heavy atom. The predicted molar refractivity (Wildman–Crippen MR) is 81.7 cm³/mol. The van der Waals surface area contributed by atoms with Gasteiger partial charge in [-0.25, -0.2) is 0 Å². The van der Waals surface area contributed by atoms with Crippen molar-refractivity contribution in [1.29, 1.82) is 5.26 Å². The quantitative estimate of drug-likeness (QED) is 0.882. The van der Waals surface area contributed by atoms with Gasteiger partial charge in [-0.3, -0.25) is 4.79 Å². The molecule has 0 aliphatic rings. The highest BCUT2D eigenvalue weighted by atomic mass is 32.1. The first-order valence-corrected chi connectivity index (χ1v) is 7.20. The molecule has 1 heterocycles. The van der Waals surface area contributed by atoms with Crippen LogP contribution in [0.3, 0.4) is 0 Å². The molecule has 0 saturated heterocycles. The fourth-order valence-corrected chi connectivity index (χ4v) is 2.43. The molecule has 20 heavy (non-hydrogen) atoms. The van der Waals surface area contributed by atoms with Crippen molar-refractivity contribution in [1.82, 2.24) is 0 Å². The minimum Gasteiger partial charge on any atom is -0.380 e. The number of nitriles is 1. The Bertz CT molecular complexity index is 643. The Morgan fingerprint density at radius 1 is 1.35 bits per heavy atom. The van der Waals surface area contributed by atoms with Gasteiger partial charge in [0.1, 0.15) is 6.07 Å².